The van der Waals surface area contributed by atoms with E-state index in [1.807, 2.05) is 49.4 Å². The second kappa shape index (κ2) is 9.76. The molecule has 0 saturated carbocycles. The van der Waals surface area contributed by atoms with Crippen LogP contribution in [-0.4, -0.2) is 21.2 Å². The molecular weight excluding hydrogens is 465 g/mol. The van der Waals surface area contributed by atoms with Crippen LogP contribution in [0.25, 0.3) is 22.1 Å². The smallest absolute Gasteiger partial charge is 0.298 e. The lowest BCUT2D eigenvalue weighted by molar-refractivity contribution is -0.113. The Balaban J connectivity index is 1.50. The molecule has 0 aliphatic carbocycles. The molecule has 0 atom stereocenters. The van der Waals surface area contributed by atoms with Crippen molar-refractivity contribution < 1.29 is 13.6 Å². The monoisotopic (exact) mass is 487 g/mol. The third-order valence-electron chi connectivity index (χ3n) is 5.71. The van der Waals surface area contributed by atoms with Crippen LogP contribution in [0, 0.1) is 5.82 Å². The normalized spacial score (nSPS) is 11.3. The highest BCUT2D eigenvalue weighted by Gasteiger charge is 2.19. The third-order valence-corrected chi connectivity index (χ3v) is 6.68. The van der Waals surface area contributed by atoms with E-state index >= 15 is 0 Å². The number of halogens is 1. The maximum atomic E-state index is 13.5. The van der Waals surface area contributed by atoms with E-state index in [2.05, 4.69) is 5.32 Å². The number of aryl methyl sites for hydroxylation is 1. The summed E-state index contributed by atoms with van der Waals surface area (Å²) in [6, 6.07) is 20.9. The molecule has 0 unspecified atom stereocenters. The highest BCUT2D eigenvalue weighted by molar-refractivity contribution is 7.99. The lowest BCUT2D eigenvalue weighted by atomic mass is 10.1. The van der Waals surface area contributed by atoms with Gasteiger partial charge in [-0.05, 0) is 47.9 Å². The molecule has 2 heterocycles. The number of anilines is 1. The fourth-order valence-corrected chi connectivity index (χ4v) is 4.73. The van der Waals surface area contributed by atoms with Gasteiger partial charge in [-0.15, -0.1) is 0 Å². The van der Waals surface area contributed by atoms with Gasteiger partial charge < -0.3 is 9.73 Å². The van der Waals surface area contributed by atoms with Crippen molar-refractivity contribution in [1.29, 1.82) is 0 Å². The Labute approximate surface area is 204 Å². The maximum Gasteiger partial charge on any atom is 0.298 e. The molecule has 0 saturated heterocycles. The summed E-state index contributed by atoms with van der Waals surface area (Å²) < 4.78 is 20.7. The summed E-state index contributed by atoms with van der Waals surface area (Å²) in [4.78, 5) is 30.9. The van der Waals surface area contributed by atoms with E-state index < -0.39 is 0 Å². The highest BCUT2D eigenvalue weighted by atomic mass is 32.2. The third kappa shape index (κ3) is 4.70. The molecule has 0 radical (unpaired) electrons. The van der Waals surface area contributed by atoms with E-state index in [0.29, 0.717) is 16.3 Å². The molecule has 6 nitrogen and oxygen atoms in total. The van der Waals surface area contributed by atoms with Gasteiger partial charge in [0.1, 0.15) is 16.9 Å². The van der Waals surface area contributed by atoms with Crippen LogP contribution in [0.15, 0.2) is 87.2 Å². The first-order valence-electron chi connectivity index (χ1n) is 11.2. The second-order valence-electron chi connectivity index (χ2n) is 8.04. The number of amides is 1. The van der Waals surface area contributed by atoms with Gasteiger partial charge in [0.25, 0.3) is 5.56 Å². The summed E-state index contributed by atoms with van der Waals surface area (Å²) in [7, 11) is 0. The van der Waals surface area contributed by atoms with E-state index in [0.717, 1.165) is 28.6 Å². The Bertz CT molecular complexity index is 1590. The van der Waals surface area contributed by atoms with Crippen LogP contribution >= 0.6 is 11.8 Å². The van der Waals surface area contributed by atoms with Gasteiger partial charge in [-0.2, -0.15) is 0 Å². The van der Waals surface area contributed by atoms with Gasteiger partial charge in [0, 0.05) is 11.1 Å². The number of rotatable bonds is 7. The van der Waals surface area contributed by atoms with Crippen molar-refractivity contribution in [3.05, 3.63) is 100 Å². The quantitative estimate of drug-likeness (QED) is 0.238. The maximum absolute atomic E-state index is 13.5. The van der Waals surface area contributed by atoms with Crippen LogP contribution in [0.4, 0.5) is 10.1 Å². The number of nitrogens with zero attached hydrogens (tertiary/aromatic N) is 2. The van der Waals surface area contributed by atoms with Crippen LogP contribution < -0.4 is 10.9 Å². The number of carbonyl (C=O) groups excluding carboxylic acids is 1. The van der Waals surface area contributed by atoms with Gasteiger partial charge in [-0.3, -0.25) is 14.2 Å². The molecular formula is C27H22FN3O3S. The fraction of sp³-hybridized carbons (Fsp3) is 0.148. The summed E-state index contributed by atoms with van der Waals surface area (Å²) in [6.45, 7) is 2.20. The zero-order valence-corrected chi connectivity index (χ0v) is 19.8. The minimum Gasteiger partial charge on any atom is -0.448 e. The molecule has 1 N–H and O–H groups in total. The molecule has 8 heteroatoms. The van der Waals surface area contributed by atoms with E-state index in [1.54, 1.807) is 18.2 Å². The van der Waals surface area contributed by atoms with E-state index in [9.17, 15) is 14.0 Å². The van der Waals surface area contributed by atoms with Crippen LogP contribution in [-0.2, 0) is 17.8 Å². The summed E-state index contributed by atoms with van der Waals surface area (Å²) in [5.41, 5.74) is 3.37. The molecule has 2 aromatic heterocycles. The van der Waals surface area contributed by atoms with E-state index in [1.165, 1.54) is 28.5 Å². The van der Waals surface area contributed by atoms with Crippen LogP contribution in [0.1, 0.15) is 18.1 Å². The molecule has 0 aliphatic heterocycles. The number of furan rings is 1. The lowest BCUT2D eigenvalue weighted by Gasteiger charge is -2.13. The second-order valence-corrected chi connectivity index (χ2v) is 8.98. The zero-order valence-electron chi connectivity index (χ0n) is 19.0. The van der Waals surface area contributed by atoms with Crippen molar-refractivity contribution in [3.8, 4) is 0 Å². The Morgan fingerprint density at radius 2 is 1.80 bits per heavy atom. The van der Waals surface area contributed by atoms with Gasteiger partial charge in [-0.1, -0.05) is 61.2 Å². The lowest BCUT2D eigenvalue weighted by Crippen LogP contribution is -2.24. The Morgan fingerprint density at radius 3 is 2.60 bits per heavy atom. The SMILES string of the molecule is CCc1ccccc1NC(=O)CSc1nc2c(oc3ccccc32)c(=O)n1Cc1ccc(F)cc1. The Morgan fingerprint density at radius 1 is 1.06 bits per heavy atom. The molecule has 35 heavy (non-hydrogen) atoms. The zero-order chi connectivity index (χ0) is 24.4. The number of fused-ring (bicyclic) bond motifs is 3. The summed E-state index contributed by atoms with van der Waals surface area (Å²) in [5.74, 6) is -0.490. The van der Waals surface area contributed by atoms with Crippen molar-refractivity contribution in [2.75, 3.05) is 11.1 Å². The topological polar surface area (TPSA) is 77.1 Å². The molecule has 0 bridgehead atoms. The molecule has 176 valence electrons. The molecule has 1 amide bonds. The Kier molecular flexibility index (Phi) is 6.37. The van der Waals surface area contributed by atoms with Gasteiger partial charge >= 0.3 is 0 Å². The minimum atomic E-state index is -0.356. The number of hydrogen-bond donors (Lipinski definition) is 1. The van der Waals surface area contributed by atoms with Gasteiger partial charge in [0.15, 0.2) is 5.16 Å². The summed E-state index contributed by atoms with van der Waals surface area (Å²) in [5, 5.41) is 4.07. The van der Waals surface area contributed by atoms with Crippen molar-refractivity contribution in [2.45, 2.75) is 25.0 Å². The van der Waals surface area contributed by atoms with Crippen molar-refractivity contribution in [2.24, 2.45) is 0 Å². The fourth-order valence-electron chi connectivity index (χ4n) is 3.94. The van der Waals surface area contributed by atoms with Crippen molar-refractivity contribution in [3.63, 3.8) is 0 Å². The predicted octanol–water partition coefficient (Wildman–Crippen LogP) is 5.62. The van der Waals surface area contributed by atoms with E-state index in [-0.39, 0.29) is 35.2 Å². The summed E-state index contributed by atoms with van der Waals surface area (Å²) in [6.07, 6.45) is 0.798. The van der Waals surface area contributed by atoms with Crippen molar-refractivity contribution >= 4 is 45.4 Å². The van der Waals surface area contributed by atoms with E-state index in [4.69, 9.17) is 9.40 Å². The number of benzene rings is 3. The van der Waals surface area contributed by atoms with Crippen LogP contribution in [0.3, 0.4) is 0 Å². The molecule has 0 spiro atoms. The minimum absolute atomic E-state index is 0.0647. The molecule has 3 aromatic carbocycles. The average molecular weight is 488 g/mol. The number of para-hydroxylation sites is 2. The Hall–Kier alpha value is -3.91. The first kappa shape index (κ1) is 22.9. The van der Waals surface area contributed by atoms with Crippen LogP contribution in [0.5, 0.6) is 0 Å². The van der Waals surface area contributed by atoms with Crippen LogP contribution in [0.2, 0.25) is 0 Å². The number of aromatic nitrogens is 2. The molecule has 5 aromatic rings. The number of hydrogen-bond acceptors (Lipinski definition) is 5. The van der Waals surface area contributed by atoms with Gasteiger partial charge in [0.05, 0.1) is 12.3 Å². The highest BCUT2D eigenvalue weighted by Crippen LogP contribution is 2.28. The molecule has 0 fully saturated rings. The number of carbonyl (C=O) groups is 1. The number of nitrogens with one attached hydrogen (secondary N) is 1. The average Bonchev–Trinajstić information content (AvgIpc) is 3.25. The largest absolute Gasteiger partial charge is 0.448 e. The molecule has 5 rings (SSSR count). The first-order valence-corrected chi connectivity index (χ1v) is 12.2. The van der Waals surface area contributed by atoms with Crippen molar-refractivity contribution in [1.82, 2.24) is 9.55 Å². The first-order chi connectivity index (χ1) is 17.0. The predicted molar refractivity (Wildman–Crippen MR) is 136 cm³/mol. The standard InChI is InChI=1S/C27H22FN3O3S/c1-2-18-7-3-5-9-21(18)29-23(32)16-35-27-30-24-20-8-4-6-10-22(20)34-25(24)26(33)31(27)15-17-11-13-19(28)14-12-17/h3-14H,2,15-16H2,1H3,(H,29,32). The molecule has 0 aliphatic rings. The van der Waals surface area contributed by atoms with Gasteiger partial charge in [-0.25, -0.2) is 9.37 Å². The van der Waals surface area contributed by atoms with Gasteiger partial charge in [0.2, 0.25) is 11.5 Å². The summed E-state index contributed by atoms with van der Waals surface area (Å²) >= 11 is 1.18. The number of thioether (sulfide) groups is 1.